The van der Waals surface area contributed by atoms with Gasteiger partial charge in [0, 0.05) is 20.3 Å². The van der Waals surface area contributed by atoms with Crippen molar-refractivity contribution in [3.63, 3.8) is 0 Å². The number of hydrogen-bond acceptors (Lipinski definition) is 3. The van der Waals surface area contributed by atoms with Crippen molar-refractivity contribution in [2.24, 2.45) is 5.41 Å². The molecule has 2 unspecified atom stereocenters. The molecule has 0 amide bonds. The van der Waals surface area contributed by atoms with E-state index >= 15 is 0 Å². The molecule has 1 N–H and O–H groups in total. The normalized spacial score (nSPS) is 22.6. The summed E-state index contributed by atoms with van der Waals surface area (Å²) >= 11 is 0. The van der Waals surface area contributed by atoms with Crippen LogP contribution in [0.1, 0.15) is 44.4 Å². The minimum atomic E-state index is -0.222. The van der Waals surface area contributed by atoms with E-state index in [1.807, 2.05) is 0 Å². The molecule has 2 rings (SSSR count). The lowest BCUT2D eigenvalue weighted by Crippen LogP contribution is -2.47. The fourth-order valence-electron chi connectivity index (χ4n) is 3.23. The van der Waals surface area contributed by atoms with Crippen molar-refractivity contribution in [2.75, 3.05) is 14.2 Å². The largest absolute Gasteiger partial charge is 0.354 e. The van der Waals surface area contributed by atoms with Gasteiger partial charge in [-0.05, 0) is 36.3 Å². The fraction of sp³-hybridized carbons (Fsp3) is 0.647. The smallest absolute Gasteiger partial charge is 0.171 e. The van der Waals surface area contributed by atoms with Gasteiger partial charge >= 0.3 is 0 Å². The van der Waals surface area contributed by atoms with Crippen LogP contribution in [0.4, 0.5) is 0 Å². The molecule has 2 atom stereocenters. The van der Waals surface area contributed by atoms with E-state index in [0.717, 1.165) is 6.42 Å². The Morgan fingerprint density at radius 2 is 1.85 bits per heavy atom. The maximum atomic E-state index is 5.37. The predicted molar refractivity (Wildman–Crippen MR) is 81.7 cm³/mol. The molecule has 1 aromatic carbocycles. The van der Waals surface area contributed by atoms with Crippen LogP contribution in [0.5, 0.6) is 0 Å². The van der Waals surface area contributed by atoms with Crippen LogP contribution in [0.25, 0.3) is 0 Å². The summed E-state index contributed by atoms with van der Waals surface area (Å²) < 4.78 is 10.7. The first-order chi connectivity index (χ1) is 9.49. The van der Waals surface area contributed by atoms with Gasteiger partial charge in [-0.15, -0.1) is 0 Å². The van der Waals surface area contributed by atoms with Crippen molar-refractivity contribution < 1.29 is 9.47 Å². The molecule has 0 saturated carbocycles. The fourth-order valence-corrected chi connectivity index (χ4v) is 3.23. The summed E-state index contributed by atoms with van der Waals surface area (Å²) in [6.45, 7) is 6.79. The summed E-state index contributed by atoms with van der Waals surface area (Å²) in [4.78, 5) is 0. The zero-order valence-corrected chi connectivity index (χ0v) is 13.3. The summed E-state index contributed by atoms with van der Waals surface area (Å²) in [5.74, 6) is 0. The number of aryl methyl sites for hydroxylation is 1. The average molecular weight is 277 g/mol. The second-order valence-electron chi connectivity index (χ2n) is 6.42. The molecular formula is C17H27NO2. The Bertz CT molecular complexity index is 440. The van der Waals surface area contributed by atoms with E-state index in [2.05, 4.69) is 50.4 Å². The van der Waals surface area contributed by atoms with Gasteiger partial charge in [0.25, 0.3) is 0 Å². The average Bonchev–Trinajstić information content (AvgIpc) is 2.43. The number of methoxy groups -OCH3 is 2. The first-order valence-electron chi connectivity index (χ1n) is 7.39. The van der Waals surface area contributed by atoms with Crippen molar-refractivity contribution in [2.45, 2.75) is 52.0 Å². The van der Waals surface area contributed by atoms with E-state index in [1.54, 1.807) is 14.2 Å². The summed E-state index contributed by atoms with van der Waals surface area (Å²) in [5, 5.41) is 3.72. The number of benzene rings is 1. The van der Waals surface area contributed by atoms with Crippen LogP contribution in [-0.2, 0) is 15.9 Å². The molecule has 0 saturated heterocycles. The maximum Gasteiger partial charge on any atom is 0.171 e. The SMILES string of the molecule is COC(OC)C(C)NC1c2ccccc2CCC1(C)C. The van der Waals surface area contributed by atoms with E-state index in [-0.39, 0.29) is 17.7 Å². The van der Waals surface area contributed by atoms with E-state index in [0.29, 0.717) is 6.04 Å². The van der Waals surface area contributed by atoms with Gasteiger partial charge in [-0.25, -0.2) is 0 Å². The molecule has 3 heteroatoms. The van der Waals surface area contributed by atoms with E-state index in [4.69, 9.17) is 9.47 Å². The van der Waals surface area contributed by atoms with Crippen molar-refractivity contribution >= 4 is 0 Å². The molecule has 112 valence electrons. The van der Waals surface area contributed by atoms with Crippen LogP contribution in [-0.4, -0.2) is 26.6 Å². The topological polar surface area (TPSA) is 30.5 Å². The number of fused-ring (bicyclic) bond motifs is 1. The highest BCUT2D eigenvalue weighted by molar-refractivity contribution is 5.34. The highest BCUT2D eigenvalue weighted by Crippen LogP contribution is 2.43. The Kier molecular flexibility index (Phi) is 4.84. The lowest BCUT2D eigenvalue weighted by molar-refractivity contribution is -0.123. The van der Waals surface area contributed by atoms with Gasteiger partial charge in [0.05, 0.1) is 6.04 Å². The van der Waals surface area contributed by atoms with Crippen LogP contribution >= 0.6 is 0 Å². The summed E-state index contributed by atoms with van der Waals surface area (Å²) in [5.41, 5.74) is 3.11. The van der Waals surface area contributed by atoms with Crippen LogP contribution < -0.4 is 5.32 Å². The zero-order valence-electron chi connectivity index (χ0n) is 13.3. The first-order valence-corrected chi connectivity index (χ1v) is 7.39. The number of rotatable bonds is 5. The summed E-state index contributed by atoms with van der Waals surface area (Å²) in [6, 6.07) is 9.22. The maximum absolute atomic E-state index is 5.37. The van der Waals surface area contributed by atoms with Gasteiger partial charge in [0.15, 0.2) is 6.29 Å². The van der Waals surface area contributed by atoms with Gasteiger partial charge < -0.3 is 14.8 Å². The monoisotopic (exact) mass is 277 g/mol. The third-order valence-corrected chi connectivity index (χ3v) is 4.49. The molecule has 0 heterocycles. The van der Waals surface area contributed by atoms with E-state index < -0.39 is 0 Å². The van der Waals surface area contributed by atoms with Crippen LogP contribution in [0.2, 0.25) is 0 Å². The lowest BCUT2D eigenvalue weighted by atomic mass is 9.70. The Labute approximate surface area is 122 Å². The lowest BCUT2D eigenvalue weighted by Gasteiger charge is -2.42. The standard InChI is InChI=1S/C17H27NO2/c1-12(16(19-4)20-5)18-15-14-9-7-6-8-13(14)10-11-17(15,2)3/h6-9,12,15-16,18H,10-11H2,1-5H3. The molecule has 1 aliphatic carbocycles. The quantitative estimate of drug-likeness (QED) is 0.838. The minimum Gasteiger partial charge on any atom is -0.354 e. The molecule has 0 aliphatic heterocycles. The third-order valence-electron chi connectivity index (χ3n) is 4.49. The molecule has 3 nitrogen and oxygen atoms in total. The predicted octanol–water partition coefficient (Wildman–Crippen LogP) is 3.30. The summed E-state index contributed by atoms with van der Waals surface area (Å²) in [7, 11) is 3.37. The molecule has 0 fully saturated rings. The second kappa shape index (κ2) is 6.25. The number of nitrogens with one attached hydrogen (secondary N) is 1. The number of hydrogen-bond donors (Lipinski definition) is 1. The zero-order chi connectivity index (χ0) is 14.8. The van der Waals surface area contributed by atoms with E-state index in [9.17, 15) is 0 Å². The highest BCUT2D eigenvalue weighted by atomic mass is 16.7. The minimum absolute atomic E-state index is 0.139. The van der Waals surface area contributed by atoms with E-state index in [1.165, 1.54) is 17.5 Å². The molecule has 0 radical (unpaired) electrons. The van der Waals surface area contributed by atoms with Gasteiger partial charge in [-0.1, -0.05) is 38.1 Å². The first kappa shape index (κ1) is 15.5. The number of ether oxygens (including phenoxy) is 2. The Hall–Kier alpha value is -0.900. The Morgan fingerprint density at radius 3 is 2.50 bits per heavy atom. The molecule has 0 spiro atoms. The van der Waals surface area contributed by atoms with Crippen LogP contribution in [0.15, 0.2) is 24.3 Å². The molecule has 0 aromatic heterocycles. The van der Waals surface area contributed by atoms with Crippen molar-refractivity contribution in [1.29, 1.82) is 0 Å². The second-order valence-corrected chi connectivity index (χ2v) is 6.42. The molecule has 1 aliphatic rings. The third kappa shape index (κ3) is 3.05. The van der Waals surface area contributed by atoms with Gasteiger partial charge in [0.1, 0.15) is 0 Å². The van der Waals surface area contributed by atoms with Crippen molar-refractivity contribution in [1.82, 2.24) is 5.32 Å². The van der Waals surface area contributed by atoms with Crippen molar-refractivity contribution in [3.8, 4) is 0 Å². The molecule has 0 bridgehead atoms. The van der Waals surface area contributed by atoms with Gasteiger partial charge in [-0.3, -0.25) is 0 Å². The van der Waals surface area contributed by atoms with Gasteiger partial charge in [0.2, 0.25) is 0 Å². The molecule has 1 aromatic rings. The Balaban J connectivity index is 2.24. The van der Waals surface area contributed by atoms with Crippen LogP contribution in [0.3, 0.4) is 0 Å². The van der Waals surface area contributed by atoms with Crippen LogP contribution in [0, 0.1) is 5.41 Å². The highest BCUT2D eigenvalue weighted by Gasteiger charge is 2.37. The van der Waals surface area contributed by atoms with Gasteiger partial charge in [-0.2, -0.15) is 0 Å². The summed E-state index contributed by atoms with van der Waals surface area (Å²) in [6.07, 6.45) is 2.13. The molecule has 20 heavy (non-hydrogen) atoms. The molecular weight excluding hydrogens is 250 g/mol. The van der Waals surface area contributed by atoms with Crippen molar-refractivity contribution in [3.05, 3.63) is 35.4 Å². The Morgan fingerprint density at radius 1 is 1.20 bits per heavy atom.